The minimum atomic E-state index is 0.436. The van der Waals surface area contributed by atoms with Gasteiger partial charge in [0.2, 0.25) is 0 Å². The molecule has 2 rings (SSSR count). The van der Waals surface area contributed by atoms with Gasteiger partial charge in [0.25, 0.3) is 0 Å². The molecule has 0 amide bonds. The van der Waals surface area contributed by atoms with Crippen LogP contribution in [0.4, 0.5) is 5.69 Å². The van der Waals surface area contributed by atoms with Crippen LogP contribution in [-0.2, 0) is 4.74 Å². The van der Waals surface area contributed by atoms with Crippen molar-refractivity contribution in [3.05, 3.63) is 30.3 Å². The Labute approximate surface area is 90.8 Å². The minimum absolute atomic E-state index is 0.436. The van der Waals surface area contributed by atoms with Gasteiger partial charge in [0.15, 0.2) is 0 Å². The SMILES string of the molecule is NCCC1COCCN1c1ccccc1. The molecule has 3 nitrogen and oxygen atoms in total. The summed E-state index contributed by atoms with van der Waals surface area (Å²) in [7, 11) is 0. The molecule has 2 N–H and O–H groups in total. The van der Waals surface area contributed by atoms with Crippen LogP contribution in [0, 0.1) is 0 Å². The Hall–Kier alpha value is -1.06. The standard InChI is InChI=1S/C12H18N2O/c13-7-6-12-10-15-9-8-14(12)11-4-2-1-3-5-11/h1-5,12H,6-10,13H2. The second-order valence-corrected chi connectivity index (χ2v) is 3.84. The molecule has 0 aliphatic carbocycles. The Bertz CT molecular complexity index is 287. The maximum atomic E-state index is 5.62. The average molecular weight is 206 g/mol. The number of nitrogens with two attached hydrogens (primary N) is 1. The number of nitrogens with zero attached hydrogens (tertiary/aromatic N) is 1. The molecule has 1 heterocycles. The zero-order valence-corrected chi connectivity index (χ0v) is 8.93. The Morgan fingerprint density at radius 2 is 2.13 bits per heavy atom. The summed E-state index contributed by atoms with van der Waals surface area (Å²) in [5.41, 5.74) is 6.89. The van der Waals surface area contributed by atoms with Gasteiger partial charge in [0.1, 0.15) is 0 Å². The Balaban J connectivity index is 2.11. The second kappa shape index (κ2) is 5.14. The van der Waals surface area contributed by atoms with Gasteiger partial charge in [-0.25, -0.2) is 0 Å². The summed E-state index contributed by atoms with van der Waals surface area (Å²) in [6, 6.07) is 10.9. The molecule has 1 aromatic rings. The van der Waals surface area contributed by atoms with Crippen molar-refractivity contribution in [1.82, 2.24) is 0 Å². The van der Waals surface area contributed by atoms with Gasteiger partial charge in [-0.2, -0.15) is 0 Å². The van der Waals surface area contributed by atoms with E-state index in [2.05, 4.69) is 29.2 Å². The molecule has 0 saturated carbocycles. The molecule has 1 saturated heterocycles. The molecule has 0 bridgehead atoms. The van der Waals surface area contributed by atoms with E-state index in [-0.39, 0.29) is 0 Å². The quantitative estimate of drug-likeness (QED) is 0.808. The van der Waals surface area contributed by atoms with Gasteiger partial charge < -0.3 is 15.4 Å². The summed E-state index contributed by atoms with van der Waals surface area (Å²) in [6.07, 6.45) is 0.995. The van der Waals surface area contributed by atoms with Crippen molar-refractivity contribution in [3.63, 3.8) is 0 Å². The van der Waals surface area contributed by atoms with Crippen molar-refractivity contribution in [2.24, 2.45) is 5.73 Å². The highest BCUT2D eigenvalue weighted by Gasteiger charge is 2.21. The maximum Gasteiger partial charge on any atom is 0.0671 e. The number of hydrogen-bond donors (Lipinski definition) is 1. The van der Waals surface area contributed by atoms with Crippen LogP contribution in [0.25, 0.3) is 0 Å². The summed E-state index contributed by atoms with van der Waals surface area (Å²) in [6.45, 7) is 3.30. The van der Waals surface area contributed by atoms with Crippen molar-refractivity contribution in [3.8, 4) is 0 Å². The fourth-order valence-corrected chi connectivity index (χ4v) is 2.05. The summed E-state index contributed by atoms with van der Waals surface area (Å²) in [4.78, 5) is 2.40. The molecule has 3 heteroatoms. The molecule has 82 valence electrons. The number of rotatable bonds is 3. The first-order valence-electron chi connectivity index (χ1n) is 5.51. The van der Waals surface area contributed by atoms with E-state index in [0.717, 1.165) is 32.7 Å². The van der Waals surface area contributed by atoms with Gasteiger partial charge in [-0.15, -0.1) is 0 Å². The lowest BCUT2D eigenvalue weighted by atomic mass is 10.1. The van der Waals surface area contributed by atoms with Crippen molar-refractivity contribution < 1.29 is 4.74 Å². The van der Waals surface area contributed by atoms with E-state index >= 15 is 0 Å². The molecule has 1 atom stereocenters. The van der Waals surface area contributed by atoms with Gasteiger partial charge in [-0.05, 0) is 25.1 Å². The molecule has 0 radical (unpaired) electrons. The molecule has 15 heavy (non-hydrogen) atoms. The van der Waals surface area contributed by atoms with Crippen LogP contribution in [0.2, 0.25) is 0 Å². The number of hydrogen-bond acceptors (Lipinski definition) is 3. The van der Waals surface area contributed by atoms with Gasteiger partial charge in [0, 0.05) is 12.2 Å². The monoisotopic (exact) mass is 206 g/mol. The lowest BCUT2D eigenvalue weighted by Gasteiger charge is -2.37. The van der Waals surface area contributed by atoms with E-state index in [4.69, 9.17) is 10.5 Å². The molecule has 1 unspecified atom stereocenters. The number of para-hydroxylation sites is 1. The van der Waals surface area contributed by atoms with Crippen LogP contribution >= 0.6 is 0 Å². The van der Waals surface area contributed by atoms with Crippen molar-refractivity contribution in [2.45, 2.75) is 12.5 Å². The van der Waals surface area contributed by atoms with E-state index in [1.54, 1.807) is 0 Å². The van der Waals surface area contributed by atoms with E-state index in [1.165, 1.54) is 5.69 Å². The lowest BCUT2D eigenvalue weighted by Crippen LogP contribution is -2.46. The molecule has 1 aliphatic rings. The van der Waals surface area contributed by atoms with Gasteiger partial charge in [0.05, 0.1) is 19.3 Å². The third-order valence-corrected chi connectivity index (χ3v) is 2.82. The van der Waals surface area contributed by atoms with E-state index < -0.39 is 0 Å². The highest BCUT2D eigenvalue weighted by atomic mass is 16.5. The number of ether oxygens (including phenoxy) is 1. The first kappa shape index (κ1) is 10.5. The topological polar surface area (TPSA) is 38.5 Å². The maximum absolute atomic E-state index is 5.62. The molecule has 1 aliphatic heterocycles. The molecular weight excluding hydrogens is 188 g/mol. The Morgan fingerprint density at radius 3 is 2.87 bits per heavy atom. The zero-order chi connectivity index (χ0) is 10.5. The molecule has 1 aromatic carbocycles. The fourth-order valence-electron chi connectivity index (χ4n) is 2.05. The molecular formula is C12H18N2O. The van der Waals surface area contributed by atoms with E-state index in [9.17, 15) is 0 Å². The van der Waals surface area contributed by atoms with Gasteiger partial charge in [-0.3, -0.25) is 0 Å². The smallest absolute Gasteiger partial charge is 0.0671 e. The fraction of sp³-hybridized carbons (Fsp3) is 0.500. The number of anilines is 1. The van der Waals surface area contributed by atoms with Crippen LogP contribution in [0.1, 0.15) is 6.42 Å². The number of morpholine rings is 1. The normalized spacial score (nSPS) is 21.7. The van der Waals surface area contributed by atoms with Crippen LogP contribution < -0.4 is 10.6 Å². The van der Waals surface area contributed by atoms with E-state index in [0.29, 0.717) is 6.04 Å². The largest absolute Gasteiger partial charge is 0.377 e. The Kier molecular flexibility index (Phi) is 3.59. The predicted octanol–water partition coefficient (Wildman–Crippen LogP) is 1.24. The van der Waals surface area contributed by atoms with Gasteiger partial charge >= 0.3 is 0 Å². The molecule has 0 aromatic heterocycles. The van der Waals surface area contributed by atoms with Crippen LogP contribution in [0.5, 0.6) is 0 Å². The Morgan fingerprint density at radius 1 is 1.33 bits per heavy atom. The predicted molar refractivity (Wildman–Crippen MR) is 62.1 cm³/mol. The molecule has 0 spiro atoms. The highest BCUT2D eigenvalue weighted by Crippen LogP contribution is 2.20. The lowest BCUT2D eigenvalue weighted by molar-refractivity contribution is 0.0922. The first-order chi connectivity index (χ1) is 7.42. The third kappa shape index (κ3) is 2.49. The first-order valence-corrected chi connectivity index (χ1v) is 5.51. The van der Waals surface area contributed by atoms with Crippen molar-refractivity contribution in [1.29, 1.82) is 0 Å². The summed E-state index contributed by atoms with van der Waals surface area (Å²) < 4.78 is 5.49. The van der Waals surface area contributed by atoms with Crippen LogP contribution in [0.3, 0.4) is 0 Å². The van der Waals surface area contributed by atoms with Crippen molar-refractivity contribution in [2.75, 3.05) is 31.2 Å². The highest BCUT2D eigenvalue weighted by molar-refractivity contribution is 5.47. The minimum Gasteiger partial charge on any atom is -0.377 e. The summed E-state index contributed by atoms with van der Waals surface area (Å²) >= 11 is 0. The summed E-state index contributed by atoms with van der Waals surface area (Å²) in [5.74, 6) is 0. The zero-order valence-electron chi connectivity index (χ0n) is 8.93. The van der Waals surface area contributed by atoms with Crippen LogP contribution in [-0.4, -0.2) is 32.3 Å². The van der Waals surface area contributed by atoms with Crippen LogP contribution in [0.15, 0.2) is 30.3 Å². The number of benzene rings is 1. The van der Waals surface area contributed by atoms with Gasteiger partial charge in [-0.1, -0.05) is 18.2 Å². The average Bonchev–Trinajstić information content (AvgIpc) is 2.31. The third-order valence-electron chi connectivity index (χ3n) is 2.82. The second-order valence-electron chi connectivity index (χ2n) is 3.84. The van der Waals surface area contributed by atoms with E-state index in [1.807, 2.05) is 6.07 Å². The summed E-state index contributed by atoms with van der Waals surface area (Å²) in [5, 5.41) is 0. The molecule has 1 fully saturated rings. The van der Waals surface area contributed by atoms with Crippen molar-refractivity contribution >= 4 is 5.69 Å².